The smallest absolute Gasteiger partial charge is 0.191 e. The van der Waals surface area contributed by atoms with Crippen LogP contribution in [-0.2, 0) is 13.0 Å². The highest BCUT2D eigenvalue weighted by atomic mass is 15.2. The fraction of sp³-hybridized carbons (Fsp3) is 0.294. The van der Waals surface area contributed by atoms with Crippen molar-refractivity contribution in [3.63, 3.8) is 0 Å². The molecule has 0 aliphatic carbocycles. The molecule has 0 bridgehead atoms. The van der Waals surface area contributed by atoms with Gasteiger partial charge in [0.2, 0.25) is 0 Å². The number of nitrogens with zero attached hydrogens (tertiary/aromatic N) is 2. The van der Waals surface area contributed by atoms with E-state index >= 15 is 0 Å². The third kappa shape index (κ3) is 5.26. The quantitative estimate of drug-likeness (QED) is 0.653. The van der Waals surface area contributed by atoms with Gasteiger partial charge in [-0.25, -0.2) is 0 Å². The monoisotopic (exact) mass is 282 g/mol. The Kier molecular flexibility index (Phi) is 5.76. The molecule has 0 saturated carbocycles. The summed E-state index contributed by atoms with van der Waals surface area (Å²) in [4.78, 5) is 8.53. The van der Waals surface area contributed by atoms with E-state index in [9.17, 15) is 0 Å². The largest absolute Gasteiger partial charge is 0.356 e. The molecule has 21 heavy (non-hydrogen) atoms. The van der Waals surface area contributed by atoms with Crippen molar-refractivity contribution in [1.82, 2.24) is 15.6 Å². The lowest BCUT2D eigenvalue weighted by Crippen LogP contribution is -2.37. The van der Waals surface area contributed by atoms with Gasteiger partial charge in [-0.3, -0.25) is 9.98 Å². The molecular weight excluding hydrogens is 260 g/mol. The van der Waals surface area contributed by atoms with Gasteiger partial charge in [-0.15, -0.1) is 0 Å². The van der Waals surface area contributed by atoms with E-state index in [1.807, 2.05) is 37.4 Å². The van der Waals surface area contributed by atoms with E-state index in [0.29, 0.717) is 0 Å². The number of pyridine rings is 1. The molecule has 0 amide bonds. The first-order valence-electron chi connectivity index (χ1n) is 7.18. The average Bonchev–Trinajstić information content (AvgIpc) is 2.53. The van der Waals surface area contributed by atoms with E-state index in [2.05, 4.69) is 38.8 Å². The number of hydrogen-bond acceptors (Lipinski definition) is 2. The van der Waals surface area contributed by atoms with Crippen molar-refractivity contribution in [1.29, 1.82) is 0 Å². The van der Waals surface area contributed by atoms with Gasteiger partial charge in [-0.05, 0) is 30.5 Å². The van der Waals surface area contributed by atoms with Gasteiger partial charge in [0.25, 0.3) is 0 Å². The molecule has 110 valence electrons. The SMILES string of the molecule is CN=C(NCCc1ccc(C)nc1)NCc1ccccc1. The van der Waals surface area contributed by atoms with Crippen LogP contribution < -0.4 is 10.6 Å². The molecule has 0 fully saturated rings. The van der Waals surface area contributed by atoms with Crippen LogP contribution in [0.2, 0.25) is 0 Å². The topological polar surface area (TPSA) is 49.3 Å². The molecule has 0 atom stereocenters. The molecule has 1 aromatic heterocycles. The Morgan fingerprint density at radius 2 is 1.86 bits per heavy atom. The number of aliphatic imine (C=N–C) groups is 1. The van der Waals surface area contributed by atoms with Gasteiger partial charge in [0, 0.05) is 32.0 Å². The van der Waals surface area contributed by atoms with Crippen LogP contribution in [0.15, 0.2) is 53.7 Å². The highest BCUT2D eigenvalue weighted by molar-refractivity contribution is 5.79. The molecule has 0 spiro atoms. The van der Waals surface area contributed by atoms with E-state index in [-0.39, 0.29) is 0 Å². The fourth-order valence-corrected chi connectivity index (χ4v) is 1.97. The fourth-order valence-electron chi connectivity index (χ4n) is 1.97. The lowest BCUT2D eigenvalue weighted by molar-refractivity contribution is 0.792. The molecule has 2 rings (SSSR count). The second-order valence-corrected chi connectivity index (χ2v) is 4.90. The first-order chi connectivity index (χ1) is 10.3. The van der Waals surface area contributed by atoms with Crippen molar-refractivity contribution in [2.24, 2.45) is 4.99 Å². The van der Waals surface area contributed by atoms with Gasteiger partial charge in [0.05, 0.1) is 0 Å². The number of aromatic nitrogens is 1. The number of hydrogen-bond donors (Lipinski definition) is 2. The predicted molar refractivity (Wildman–Crippen MR) is 87.3 cm³/mol. The first kappa shape index (κ1) is 15.0. The Morgan fingerprint density at radius 3 is 2.52 bits per heavy atom. The van der Waals surface area contributed by atoms with Gasteiger partial charge in [0.15, 0.2) is 5.96 Å². The summed E-state index contributed by atoms with van der Waals surface area (Å²) >= 11 is 0. The highest BCUT2D eigenvalue weighted by Crippen LogP contribution is 1.99. The summed E-state index contributed by atoms with van der Waals surface area (Å²) in [7, 11) is 1.79. The normalized spacial score (nSPS) is 11.2. The van der Waals surface area contributed by atoms with E-state index in [1.54, 1.807) is 7.05 Å². The molecule has 1 heterocycles. The molecule has 0 aliphatic heterocycles. The van der Waals surface area contributed by atoms with Crippen molar-refractivity contribution in [3.05, 3.63) is 65.5 Å². The van der Waals surface area contributed by atoms with Crippen LogP contribution in [0.25, 0.3) is 0 Å². The van der Waals surface area contributed by atoms with Crippen molar-refractivity contribution >= 4 is 5.96 Å². The number of nitrogens with one attached hydrogen (secondary N) is 2. The zero-order valence-electron chi connectivity index (χ0n) is 12.6. The summed E-state index contributed by atoms with van der Waals surface area (Å²) in [5.41, 5.74) is 3.52. The van der Waals surface area contributed by atoms with Crippen LogP contribution in [0.1, 0.15) is 16.8 Å². The summed E-state index contributed by atoms with van der Waals surface area (Å²) in [5.74, 6) is 0.818. The molecule has 4 nitrogen and oxygen atoms in total. The van der Waals surface area contributed by atoms with Gasteiger partial charge < -0.3 is 10.6 Å². The van der Waals surface area contributed by atoms with Gasteiger partial charge in [0.1, 0.15) is 0 Å². The molecule has 2 aromatic rings. The molecule has 4 heteroatoms. The molecule has 0 aliphatic rings. The molecule has 1 aromatic carbocycles. The maximum atomic E-state index is 4.30. The molecule has 0 unspecified atom stereocenters. The minimum Gasteiger partial charge on any atom is -0.356 e. The number of guanidine groups is 1. The molecule has 2 N–H and O–H groups in total. The van der Waals surface area contributed by atoms with Crippen LogP contribution in [0.5, 0.6) is 0 Å². The lowest BCUT2D eigenvalue weighted by atomic mass is 10.2. The Balaban J connectivity index is 1.74. The molecule has 0 saturated heterocycles. The lowest BCUT2D eigenvalue weighted by Gasteiger charge is -2.12. The maximum absolute atomic E-state index is 4.30. The average molecular weight is 282 g/mol. The summed E-state index contributed by atoms with van der Waals surface area (Å²) in [6, 6.07) is 14.4. The second kappa shape index (κ2) is 8.04. The first-order valence-corrected chi connectivity index (χ1v) is 7.18. The Bertz CT molecular complexity index is 561. The van der Waals surface area contributed by atoms with E-state index < -0.39 is 0 Å². The minimum absolute atomic E-state index is 0.770. The van der Waals surface area contributed by atoms with Crippen LogP contribution in [0.4, 0.5) is 0 Å². The van der Waals surface area contributed by atoms with Crippen molar-refractivity contribution < 1.29 is 0 Å². The van der Waals surface area contributed by atoms with Crippen LogP contribution in [0.3, 0.4) is 0 Å². The third-order valence-electron chi connectivity index (χ3n) is 3.21. The van der Waals surface area contributed by atoms with E-state index in [4.69, 9.17) is 0 Å². The van der Waals surface area contributed by atoms with Crippen LogP contribution >= 0.6 is 0 Å². The molecule has 0 radical (unpaired) electrons. The Morgan fingerprint density at radius 1 is 1.05 bits per heavy atom. The molecular formula is C17H22N4. The van der Waals surface area contributed by atoms with Crippen molar-refractivity contribution in [2.45, 2.75) is 19.9 Å². The van der Waals surface area contributed by atoms with Crippen molar-refractivity contribution in [3.8, 4) is 0 Å². The van der Waals surface area contributed by atoms with E-state index in [0.717, 1.165) is 31.2 Å². The summed E-state index contributed by atoms with van der Waals surface area (Å²) in [6.45, 7) is 3.60. The standard InChI is InChI=1S/C17H22N4/c1-14-8-9-16(12-20-14)10-11-19-17(18-2)21-13-15-6-4-3-5-7-15/h3-9,12H,10-11,13H2,1-2H3,(H2,18,19,21). The predicted octanol–water partition coefficient (Wildman–Crippen LogP) is 2.30. The summed E-state index contributed by atoms with van der Waals surface area (Å²) in [6.07, 6.45) is 2.86. The Labute approximate surface area is 126 Å². The minimum atomic E-state index is 0.770. The number of benzene rings is 1. The highest BCUT2D eigenvalue weighted by Gasteiger charge is 1.99. The number of aryl methyl sites for hydroxylation is 1. The zero-order valence-corrected chi connectivity index (χ0v) is 12.6. The summed E-state index contributed by atoms with van der Waals surface area (Å²) in [5, 5.41) is 6.62. The summed E-state index contributed by atoms with van der Waals surface area (Å²) < 4.78 is 0. The van der Waals surface area contributed by atoms with Gasteiger partial charge in [-0.2, -0.15) is 0 Å². The second-order valence-electron chi connectivity index (χ2n) is 4.90. The maximum Gasteiger partial charge on any atom is 0.191 e. The number of rotatable bonds is 5. The van der Waals surface area contributed by atoms with Gasteiger partial charge in [-0.1, -0.05) is 36.4 Å². The van der Waals surface area contributed by atoms with Crippen molar-refractivity contribution in [2.75, 3.05) is 13.6 Å². The van der Waals surface area contributed by atoms with Crippen LogP contribution in [0, 0.1) is 6.92 Å². The van der Waals surface area contributed by atoms with E-state index in [1.165, 1.54) is 11.1 Å². The Hall–Kier alpha value is -2.36. The third-order valence-corrected chi connectivity index (χ3v) is 3.21. The van der Waals surface area contributed by atoms with Crippen LogP contribution in [-0.4, -0.2) is 24.5 Å². The zero-order chi connectivity index (χ0) is 14.9. The van der Waals surface area contributed by atoms with Gasteiger partial charge >= 0.3 is 0 Å².